The van der Waals surface area contributed by atoms with Crippen LogP contribution in [0.1, 0.15) is 49.8 Å². The Morgan fingerprint density at radius 3 is 2.63 bits per heavy atom. The number of alkyl halides is 1. The predicted molar refractivity (Wildman–Crippen MR) is 128 cm³/mol. The summed E-state index contributed by atoms with van der Waals surface area (Å²) in [7, 11) is 0. The number of hydrogen-bond acceptors (Lipinski definition) is 7. The molecule has 4 heterocycles. The molecule has 0 bridgehead atoms. The van der Waals surface area contributed by atoms with Gasteiger partial charge in [0.05, 0.1) is 18.8 Å². The average Bonchev–Trinajstić information content (AvgIpc) is 3.20. The SMILES string of the molecule is CC(C)(CF)OC(=O)N1Cc2cc(Cl)ccc2-n2c(nnc2C2CCN(c3ncccn3)CC2)C1. The second-order valence-electron chi connectivity index (χ2n) is 9.51. The van der Waals surface area contributed by atoms with E-state index in [1.54, 1.807) is 26.2 Å². The Labute approximate surface area is 207 Å². The maximum absolute atomic E-state index is 13.3. The second kappa shape index (κ2) is 9.41. The van der Waals surface area contributed by atoms with Crippen molar-refractivity contribution < 1.29 is 13.9 Å². The molecule has 5 rings (SSSR count). The quantitative estimate of drug-likeness (QED) is 0.528. The number of ether oxygens (including phenoxy) is 1. The topological polar surface area (TPSA) is 89.3 Å². The molecule has 3 aromatic rings. The fraction of sp³-hybridized carbons (Fsp3) is 0.458. The van der Waals surface area contributed by atoms with Gasteiger partial charge in [0.25, 0.3) is 0 Å². The minimum Gasteiger partial charge on any atom is -0.441 e. The first-order valence-electron chi connectivity index (χ1n) is 11.6. The van der Waals surface area contributed by atoms with Crippen molar-refractivity contribution in [3.8, 4) is 5.69 Å². The van der Waals surface area contributed by atoms with Gasteiger partial charge < -0.3 is 9.64 Å². The lowest BCUT2D eigenvalue weighted by molar-refractivity contribution is -0.00377. The number of fused-ring (bicyclic) bond motifs is 3. The third kappa shape index (κ3) is 4.80. The number of carbonyl (C=O) groups is 1. The van der Waals surface area contributed by atoms with Crippen LogP contribution in [0.4, 0.5) is 15.1 Å². The molecule has 184 valence electrons. The number of piperidine rings is 1. The molecule has 2 aromatic heterocycles. The molecule has 1 aromatic carbocycles. The number of benzene rings is 1. The minimum absolute atomic E-state index is 0.184. The lowest BCUT2D eigenvalue weighted by atomic mass is 9.95. The number of carbonyl (C=O) groups excluding carboxylic acids is 1. The summed E-state index contributed by atoms with van der Waals surface area (Å²) in [6.07, 6.45) is 4.64. The van der Waals surface area contributed by atoms with Gasteiger partial charge in [-0.2, -0.15) is 0 Å². The van der Waals surface area contributed by atoms with Gasteiger partial charge >= 0.3 is 6.09 Å². The van der Waals surface area contributed by atoms with Crippen LogP contribution in [-0.4, -0.2) is 61.1 Å². The molecule has 1 saturated heterocycles. The van der Waals surface area contributed by atoms with Crippen molar-refractivity contribution in [2.24, 2.45) is 0 Å². The molecule has 2 aliphatic heterocycles. The molecule has 35 heavy (non-hydrogen) atoms. The molecule has 11 heteroatoms. The zero-order valence-electron chi connectivity index (χ0n) is 19.7. The molecule has 2 aliphatic rings. The van der Waals surface area contributed by atoms with Crippen LogP contribution in [0.2, 0.25) is 5.02 Å². The summed E-state index contributed by atoms with van der Waals surface area (Å²) in [5.74, 6) is 2.40. The Kier molecular flexibility index (Phi) is 6.31. The maximum Gasteiger partial charge on any atom is 0.411 e. The lowest BCUT2D eigenvalue weighted by Crippen LogP contribution is -2.38. The summed E-state index contributed by atoms with van der Waals surface area (Å²) in [5, 5.41) is 9.58. The smallest absolute Gasteiger partial charge is 0.411 e. The Morgan fingerprint density at radius 2 is 1.91 bits per heavy atom. The van der Waals surface area contributed by atoms with Gasteiger partial charge in [-0.1, -0.05) is 11.6 Å². The monoisotopic (exact) mass is 499 g/mol. The van der Waals surface area contributed by atoms with Crippen molar-refractivity contribution in [2.75, 3.05) is 24.7 Å². The normalized spacial score (nSPS) is 16.5. The van der Waals surface area contributed by atoms with Crippen molar-refractivity contribution in [3.05, 3.63) is 58.9 Å². The van der Waals surface area contributed by atoms with Crippen LogP contribution >= 0.6 is 11.6 Å². The zero-order chi connectivity index (χ0) is 24.6. The van der Waals surface area contributed by atoms with Crippen LogP contribution in [0.15, 0.2) is 36.7 Å². The van der Waals surface area contributed by atoms with Gasteiger partial charge in [-0.25, -0.2) is 19.2 Å². The van der Waals surface area contributed by atoms with E-state index in [0.717, 1.165) is 49.0 Å². The highest BCUT2D eigenvalue weighted by atomic mass is 35.5. The van der Waals surface area contributed by atoms with Crippen LogP contribution in [-0.2, 0) is 17.8 Å². The van der Waals surface area contributed by atoms with Crippen LogP contribution in [0.3, 0.4) is 0 Å². The number of nitrogens with zero attached hydrogens (tertiary/aromatic N) is 7. The molecule has 0 spiro atoms. The molecule has 1 amide bonds. The molecule has 9 nitrogen and oxygen atoms in total. The largest absolute Gasteiger partial charge is 0.441 e. The second-order valence-corrected chi connectivity index (χ2v) is 9.95. The van der Waals surface area contributed by atoms with E-state index in [-0.39, 0.29) is 19.0 Å². The molecule has 0 N–H and O–H groups in total. The Bertz CT molecular complexity index is 1210. The van der Waals surface area contributed by atoms with E-state index >= 15 is 0 Å². The van der Waals surface area contributed by atoms with E-state index in [4.69, 9.17) is 16.3 Å². The fourth-order valence-corrected chi connectivity index (χ4v) is 4.73. The number of halogens is 2. The molecule has 0 aliphatic carbocycles. The van der Waals surface area contributed by atoms with Crippen molar-refractivity contribution in [1.29, 1.82) is 0 Å². The molecule has 0 atom stereocenters. The van der Waals surface area contributed by atoms with Gasteiger partial charge in [-0.15, -0.1) is 10.2 Å². The lowest BCUT2D eigenvalue weighted by Gasteiger charge is -2.31. The third-order valence-corrected chi connectivity index (χ3v) is 6.60. The summed E-state index contributed by atoms with van der Waals surface area (Å²) < 4.78 is 20.8. The van der Waals surface area contributed by atoms with Gasteiger partial charge in [0, 0.05) is 36.4 Å². The molecule has 1 fully saturated rings. The average molecular weight is 500 g/mol. The Balaban J connectivity index is 1.44. The first-order chi connectivity index (χ1) is 16.8. The number of hydrogen-bond donors (Lipinski definition) is 0. The highest BCUT2D eigenvalue weighted by molar-refractivity contribution is 6.30. The highest BCUT2D eigenvalue weighted by Gasteiger charge is 2.33. The number of aromatic nitrogens is 5. The number of rotatable bonds is 4. The van der Waals surface area contributed by atoms with Crippen LogP contribution in [0.5, 0.6) is 0 Å². The molecule has 0 radical (unpaired) electrons. The highest BCUT2D eigenvalue weighted by Crippen LogP contribution is 2.34. The first kappa shape index (κ1) is 23.5. The molecule has 0 unspecified atom stereocenters. The van der Waals surface area contributed by atoms with E-state index in [2.05, 4.69) is 25.1 Å². The number of amides is 1. The van der Waals surface area contributed by atoms with E-state index in [9.17, 15) is 9.18 Å². The summed E-state index contributed by atoms with van der Waals surface area (Å²) in [6, 6.07) is 7.40. The summed E-state index contributed by atoms with van der Waals surface area (Å²) in [5.41, 5.74) is 0.524. The Morgan fingerprint density at radius 1 is 1.17 bits per heavy atom. The minimum atomic E-state index is -1.21. The summed E-state index contributed by atoms with van der Waals surface area (Å²) in [6.45, 7) is 4.38. The van der Waals surface area contributed by atoms with Gasteiger partial charge in [0.15, 0.2) is 5.82 Å². The third-order valence-electron chi connectivity index (χ3n) is 6.37. The molecule has 0 saturated carbocycles. The Hall–Kier alpha value is -3.27. The van der Waals surface area contributed by atoms with Crippen molar-refractivity contribution in [1.82, 2.24) is 29.6 Å². The van der Waals surface area contributed by atoms with Crippen molar-refractivity contribution in [3.63, 3.8) is 0 Å². The molecular formula is C24H27ClFN7O2. The fourth-order valence-electron chi connectivity index (χ4n) is 4.54. The first-order valence-corrected chi connectivity index (χ1v) is 12.0. The standard InChI is InChI=1S/C24H27ClFN7O2/c1-24(2,15-26)35-23(34)32-13-17-12-18(25)4-5-19(17)33-20(14-32)29-30-21(33)16-6-10-31(11-7-16)22-27-8-3-9-28-22/h3-5,8-9,12,16H,6-7,10-11,13-15H2,1-2H3. The molecular weight excluding hydrogens is 473 g/mol. The van der Waals surface area contributed by atoms with Gasteiger partial charge in [-0.3, -0.25) is 9.47 Å². The van der Waals surface area contributed by atoms with Gasteiger partial charge in [-0.05, 0) is 56.5 Å². The van der Waals surface area contributed by atoms with Crippen molar-refractivity contribution >= 4 is 23.6 Å². The van der Waals surface area contributed by atoms with Crippen LogP contribution in [0, 0.1) is 0 Å². The van der Waals surface area contributed by atoms with E-state index < -0.39 is 18.4 Å². The zero-order valence-corrected chi connectivity index (χ0v) is 20.5. The van der Waals surface area contributed by atoms with Gasteiger partial charge in [0.2, 0.25) is 5.95 Å². The van der Waals surface area contributed by atoms with E-state index in [1.807, 2.05) is 28.8 Å². The van der Waals surface area contributed by atoms with Gasteiger partial charge in [0.1, 0.15) is 18.1 Å². The van der Waals surface area contributed by atoms with Crippen molar-refractivity contribution in [2.45, 2.75) is 51.3 Å². The van der Waals surface area contributed by atoms with E-state index in [0.29, 0.717) is 10.8 Å². The predicted octanol–water partition coefficient (Wildman–Crippen LogP) is 4.30. The van der Waals surface area contributed by atoms with E-state index in [1.165, 1.54) is 4.90 Å². The number of anilines is 1. The summed E-state index contributed by atoms with van der Waals surface area (Å²) >= 11 is 6.31. The summed E-state index contributed by atoms with van der Waals surface area (Å²) in [4.78, 5) is 25.4. The van der Waals surface area contributed by atoms with Crippen LogP contribution in [0.25, 0.3) is 5.69 Å². The maximum atomic E-state index is 13.3. The van der Waals surface area contributed by atoms with Crippen LogP contribution < -0.4 is 4.90 Å².